The minimum Gasteiger partial charge on any atom is -0.481 e. The number of hydrogen-bond acceptors (Lipinski definition) is 3. The van der Waals surface area contributed by atoms with E-state index < -0.39 is 11.9 Å². The standard InChI is InChI=1S/C17H19N3O3/c1-11-5-2-3-8-15(11)20-10-12(9-18-20)16(21)19-14-7-4-6-13(14)17(22)23/h2-3,5,8-10,13-14H,4,6-7H2,1H3,(H,19,21)(H,22,23)/t13-,14+/m0/s1. The molecule has 1 aliphatic carbocycles. The first-order valence-electron chi connectivity index (χ1n) is 7.70. The molecule has 1 aromatic heterocycles. The highest BCUT2D eigenvalue weighted by Gasteiger charge is 2.34. The molecule has 1 aromatic carbocycles. The SMILES string of the molecule is Cc1ccccc1-n1cc(C(=O)N[C@@H]2CCC[C@@H]2C(=O)O)cn1. The molecule has 0 radical (unpaired) electrons. The molecule has 1 amide bonds. The number of carboxylic acids is 1. The van der Waals surface area contributed by atoms with Crippen LogP contribution in [0.2, 0.25) is 0 Å². The molecule has 2 N–H and O–H groups in total. The zero-order valence-electron chi connectivity index (χ0n) is 12.9. The maximum absolute atomic E-state index is 12.3. The minimum atomic E-state index is -0.844. The smallest absolute Gasteiger partial charge is 0.308 e. The Kier molecular flexibility index (Phi) is 4.14. The highest BCUT2D eigenvalue weighted by molar-refractivity contribution is 5.94. The summed E-state index contributed by atoms with van der Waals surface area (Å²) in [6.45, 7) is 1.98. The molecular weight excluding hydrogens is 294 g/mol. The molecule has 2 aromatic rings. The normalized spacial score (nSPS) is 20.4. The van der Waals surface area contributed by atoms with E-state index in [9.17, 15) is 14.7 Å². The number of amides is 1. The Bertz CT molecular complexity index is 738. The fourth-order valence-corrected chi connectivity index (χ4v) is 3.07. The van der Waals surface area contributed by atoms with Crippen LogP contribution in [0.5, 0.6) is 0 Å². The average Bonchev–Trinajstić information content (AvgIpc) is 3.16. The summed E-state index contributed by atoms with van der Waals surface area (Å²) in [4.78, 5) is 23.5. The van der Waals surface area contributed by atoms with Gasteiger partial charge in [-0.2, -0.15) is 5.10 Å². The Morgan fingerprint density at radius 2 is 2.09 bits per heavy atom. The number of benzene rings is 1. The summed E-state index contributed by atoms with van der Waals surface area (Å²) >= 11 is 0. The highest BCUT2D eigenvalue weighted by Crippen LogP contribution is 2.26. The molecule has 6 nitrogen and oxygen atoms in total. The number of aromatic nitrogens is 2. The van der Waals surface area contributed by atoms with Gasteiger partial charge in [0.25, 0.3) is 5.91 Å². The third-order valence-electron chi connectivity index (χ3n) is 4.36. The maximum Gasteiger partial charge on any atom is 0.308 e. The lowest BCUT2D eigenvalue weighted by Crippen LogP contribution is -2.40. The van der Waals surface area contributed by atoms with Gasteiger partial charge in [-0.05, 0) is 31.4 Å². The van der Waals surface area contributed by atoms with Crippen molar-refractivity contribution >= 4 is 11.9 Å². The van der Waals surface area contributed by atoms with Crippen molar-refractivity contribution in [2.45, 2.75) is 32.2 Å². The van der Waals surface area contributed by atoms with E-state index in [-0.39, 0.29) is 11.9 Å². The van der Waals surface area contributed by atoms with Crippen LogP contribution in [0.4, 0.5) is 0 Å². The van der Waals surface area contributed by atoms with Crippen molar-refractivity contribution in [1.82, 2.24) is 15.1 Å². The first-order chi connectivity index (χ1) is 11.1. The number of carboxylic acid groups (broad SMARTS) is 1. The van der Waals surface area contributed by atoms with Crippen LogP contribution in [0.15, 0.2) is 36.7 Å². The highest BCUT2D eigenvalue weighted by atomic mass is 16.4. The molecule has 6 heteroatoms. The van der Waals surface area contributed by atoms with Crippen molar-refractivity contribution in [3.63, 3.8) is 0 Å². The van der Waals surface area contributed by atoms with Crippen LogP contribution in [-0.4, -0.2) is 32.8 Å². The van der Waals surface area contributed by atoms with Crippen molar-refractivity contribution in [3.8, 4) is 5.69 Å². The van der Waals surface area contributed by atoms with Crippen LogP contribution in [0, 0.1) is 12.8 Å². The molecule has 1 fully saturated rings. The van der Waals surface area contributed by atoms with Crippen LogP contribution in [0.3, 0.4) is 0 Å². The Labute approximate surface area is 134 Å². The summed E-state index contributed by atoms with van der Waals surface area (Å²) in [6.07, 6.45) is 5.32. The molecule has 1 aliphatic rings. The second-order valence-corrected chi connectivity index (χ2v) is 5.92. The largest absolute Gasteiger partial charge is 0.481 e. The Hall–Kier alpha value is -2.63. The second kappa shape index (κ2) is 6.24. The van der Waals surface area contributed by atoms with Crippen molar-refractivity contribution in [1.29, 1.82) is 0 Å². The van der Waals surface area contributed by atoms with Crippen LogP contribution in [-0.2, 0) is 4.79 Å². The summed E-state index contributed by atoms with van der Waals surface area (Å²) in [6, 6.07) is 7.47. The number of rotatable bonds is 4. The molecule has 0 saturated heterocycles. The van der Waals surface area contributed by atoms with Gasteiger partial charge in [0.1, 0.15) is 0 Å². The van der Waals surface area contributed by atoms with E-state index in [1.165, 1.54) is 6.20 Å². The second-order valence-electron chi connectivity index (χ2n) is 5.92. The molecule has 0 unspecified atom stereocenters. The van der Waals surface area contributed by atoms with Crippen molar-refractivity contribution < 1.29 is 14.7 Å². The molecule has 3 rings (SSSR count). The fourth-order valence-electron chi connectivity index (χ4n) is 3.07. The van der Waals surface area contributed by atoms with E-state index in [0.29, 0.717) is 18.4 Å². The van der Waals surface area contributed by atoms with E-state index in [2.05, 4.69) is 10.4 Å². The van der Waals surface area contributed by atoms with Crippen LogP contribution < -0.4 is 5.32 Å². The van der Waals surface area contributed by atoms with E-state index in [1.807, 2.05) is 31.2 Å². The van der Waals surface area contributed by atoms with Gasteiger partial charge in [0.15, 0.2) is 0 Å². The van der Waals surface area contributed by atoms with Gasteiger partial charge in [0.05, 0.1) is 23.4 Å². The van der Waals surface area contributed by atoms with E-state index in [4.69, 9.17) is 0 Å². The molecule has 1 saturated carbocycles. The van der Waals surface area contributed by atoms with Gasteiger partial charge in [-0.25, -0.2) is 4.68 Å². The average molecular weight is 313 g/mol. The van der Waals surface area contributed by atoms with Gasteiger partial charge >= 0.3 is 5.97 Å². The topological polar surface area (TPSA) is 84.2 Å². The zero-order valence-corrected chi connectivity index (χ0v) is 12.9. The molecule has 23 heavy (non-hydrogen) atoms. The lowest BCUT2D eigenvalue weighted by Gasteiger charge is -2.16. The van der Waals surface area contributed by atoms with E-state index in [1.54, 1.807) is 10.9 Å². The first kappa shape index (κ1) is 15.3. The number of nitrogens with zero attached hydrogens (tertiary/aromatic N) is 2. The number of nitrogens with one attached hydrogen (secondary N) is 1. The minimum absolute atomic E-state index is 0.275. The monoisotopic (exact) mass is 313 g/mol. The Balaban J connectivity index is 1.74. The zero-order chi connectivity index (χ0) is 16.4. The summed E-state index contributed by atoms with van der Waals surface area (Å²) in [5.41, 5.74) is 2.41. The maximum atomic E-state index is 12.3. The number of para-hydroxylation sites is 1. The van der Waals surface area contributed by atoms with Crippen molar-refractivity contribution in [2.75, 3.05) is 0 Å². The third-order valence-corrected chi connectivity index (χ3v) is 4.36. The van der Waals surface area contributed by atoms with Crippen LogP contribution >= 0.6 is 0 Å². The van der Waals surface area contributed by atoms with Gasteiger partial charge in [0, 0.05) is 12.2 Å². The van der Waals surface area contributed by atoms with Gasteiger partial charge in [-0.1, -0.05) is 24.6 Å². The van der Waals surface area contributed by atoms with Crippen molar-refractivity contribution in [2.24, 2.45) is 5.92 Å². The van der Waals surface area contributed by atoms with Gasteiger partial charge in [0.2, 0.25) is 0 Å². The first-order valence-corrected chi connectivity index (χ1v) is 7.70. The molecule has 0 bridgehead atoms. The van der Waals surface area contributed by atoms with Crippen molar-refractivity contribution in [3.05, 3.63) is 47.8 Å². The lowest BCUT2D eigenvalue weighted by molar-refractivity contribution is -0.142. The van der Waals surface area contributed by atoms with Crippen LogP contribution in [0.1, 0.15) is 35.2 Å². The molecule has 0 spiro atoms. The number of hydrogen-bond donors (Lipinski definition) is 2. The molecule has 1 heterocycles. The van der Waals surface area contributed by atoms with E-state index in [0.717, 1.165) is 17.7 Å². The summed E-state index contributed by atoms with van der Waals surface area (Å²) in [5.74, 6) is -1.61. The molecule has 120 valence electrons. The summed E-state index contributed by atoms with van der Waals surface area (Å²) in [7, 11) is 0. The molecule has 2 atom stereocenters. The number of aliphatic carboxylic acids is 1. The number of carbonyl (C=O) groups is 2. The van der Waals surface area contributed by atoms with Gasteiger partial charge in [-0.15, -0.1) is 0 Å². The number of carbonyl (C=O) groups excluding carboxylic acids is 1. The van der Waals surface area contributed by atoms with E-state index >= 15 is 0 Å². The van der Waals surface area contributed by atoms with Gasteiger partial charge < -0.3 is 10.4 Å². The Morgan fingerprint density at radius 3 is 2.83 bits per heavy atom. The Morgan fingerprint density at radius 1 is 1.30 bits per heavy atom. The molecular formula is C17H19N3O3. The summed E-state index contributed by atoms with van der Waals surface area (Å²) in [5, 5.41) is 16.3. The predicted octanol–water partition coefficient (Wildman–Crippen LogP) is 2.16. The fraction of sp³-hybridized carbons (Fsp3) is 0.353. The number of aryl methyl sites for hydroxylation is 1. The third kappa shape index (κ3) is 3.11. The van der Waals surface area contributed by atoms with Gasteiger partial charge in [-0.3, -0.25) is 9.59 Å². The lowest BCUT2D eigenvalue weighted by atomic mass is 10.0. The predicted molar refractivity (Wildman–Crippen MR) is 84.5 cm³/mol. The molecule has 0 aliphatic heterocycles. The van der Waals surface area contributed by atoms with Crippen LogP contribution in [0.25, 0.3) is 5.69 Å². The summed E-state index contributed by atoms with van der Waals surface area (Å²) < 4.78 is 1.66. The quantitative estimate of drug-likeness (QED) is 0.906.